The normalized spacial score (nSPS) is 23.6. The minimum atomic E-state index is -0.952. The highest BCUT2D eigenvalue weighted by molar-refractivity contribution is 6.62. The third kappa shape index (κ3) is 4.08. The lowest BCUT2D eigenvalue weighted by Gasteiger charge is -2.32. The Hall–Kier alpha value is -2.65. The Balaban J connectivity index is 1.41. The summed E-state index contributed by atoms with van der Waals surface area (Å²) in [5, 5.41) is 0. The van der Waals surface area contributed by atoms with Crippen LogP contribution >= 0.6 is 0 Å². The topological polar surface area (TPSA) is 63.2 Å². The predicted octanol–water partition coefficient (Wildman–Crippen LogP) is 4.37. The molecule has 35 heavy (non-hydrogen) atoms. The molecule has 0 N–H and O–H groups in total. The van der Waals surface area contributed by atoms with Gasteiger partial charge in [0, 0.05) is 23.1 Å². The van der Waals surface area contributed by atoms with Gasteiger partial charge in [0.25, 0.3) is 0 Å². The fraction of sp³-hybridized carbons (Fsp3) is 0.500. The van der Waals surface area contributed by atoms with E-state index < -0.39 is 36.1 Å². The zero-order valence-electron chi connectivity index (χ0n) is 20.6. The lowest BCUT2D eigenvalue weighted by Crippen LogP contribution is -2.41. The highest BCUT2D eigenvalue weighted by atomic mass is 19.2. The third-order valence-electron chi connectivity index (χ3n) is 7.67. The molecule has 2 aromatic carbocycles. The second-order valence-electron chi connectivity index (χ2n) is 10.4. The summed E-state index contributed by atoms with van der Waals surface area (Å²) < 4.78 is 58.7. The van der Waals surface area contributed by atoms with Crippen LogP contribution in [0.3, 0.4) is 0 Å². The largest absolute Gasteiger partial charge is 0.495 e. The monoisotopic (exact) mass is 486 g/mol. The molecule has 1 aliphatic carbocycles. The maximum absolute atomic E-state index is 15.0. The number of rotatable bonds is 5. The first-order chi connectivity index (χ1) is 16.5. The van der Waals surface area contributed by atoms with Crippen LogP contribution in [0.25, 0.3) is 0 Å². The first-order valence-electron chi connectivity index (χ1n) is 11.9. The van der Waals surface area contributed by atoms with Gasteiger partial charge in [0.15, 0.2) is 11.6 Å². The van der Waals surface area contributed by atoms with Crippen molar-refractivity contribution in [3.05, 3.63) is 52.6 Å². The lowest BCUT2D eigenvalue weighted by atomic mass is 9.74. The van der Waals surface area contributed by atoms with Crippen LogP contribution in [0.1, 0.15) is 69.2 Å². The summed E-state index contributed by atoms with van der Waals surface area (Å²) in [6.45, 7) is 8.06. The Bertz CT molecular complexity index is 1160. The molecule has 0 saturated carbocycles. The van der Waals surface area contributed by atoms with Gasteiger partial charge in [-0.25, -0.2) is 8.78 Å². The summed E-state index contributed by atoms with van der Waals surface area (Å²) >= 11 is 0. The van der Waals surface area contributed by atoms with Crippen molar-refractivity contribution < 1.29 is 37.1 Å². The summed E-state index contributed by atoms with van der Waals surface area (Å²) in [5.74, 6) is -1.14. The van der Waals surface area contributed by atoms with E-state index in [2.05, 4.69) is 0 Å². The summed E-state index contributed by atoms with van der Waals surface area (Å²) in [6, 6.07) is 6.53. The van der Waals surface area contributed by atoms with Crippen molar-refractivity contribution in [1.82, 2.24) is 0 Å². The van der Waals surface area contributed by atoms with Crippen LogP contribution in [0.4, 0.5) is 8.78 Å². The molecule has 0 bridgehead atoms. The predicted molar refractivity (Wildman–Crippen MR) is 125 cm³/mol. The standard InChI is InChI=1S/C26H29BF2O6/c1-25(2)26(3,4)35-27(34-25)18-12-19(28)24(29)23-17(18)8-9-20(23)33-15-6-7-16-14(10-22(30)31-5)13-32-21(16)11-15/h6-7,11-12,14,20H,8-10,13H2,1-5H3/t14?,20-/m1/s1. The average Bonchev–Trinajstić information content (AvgIpc) is 3.45. The van der Waals surface area contributed by atoms with Crippen LogP contribution < -0.4 is 14.9 Å². The Morgan fingerprint density at radius 2 is 1.86 bits per heavy atom. The first kappa shape index (κ1) is 24.1. The van der Waals surface area contributed by atoms with E-state index in [1.807, 2.05) is 33.8 Å². The Morgan fingerprint density at radius 3 is 2.54 bits per heavy atom. The molecule has 1 unspecified atom stereocenters. The molecule has 186 valence electrons. The number of carbonyl (C=O) groups is 1. The maximum atomic E-state index is 15.0. The van der Waals surface area contributed by atoms with Gasteiger partial charge in [-0.2, -0.15) is 0 Å². The summed E-state index contributed by atoms with van der Waals surface area (Å²) in [4.78, 5) is 11.7. The van der Waals surface area contributed by atoms with Gasteiger partial charge in [-0.15, -0.1) is 0 Å². The SMILES string of the molecule is COC(=O)CC1COc2cc(O[C@@H]3CCc4c(B5OC(C)(C)C(C)(C)O5)cc(F)c(F)c43)ccc21. The third-order valence-corrected chi connectivity index (χ3v) is 7.67. The number of ether oxygens (including phenoxy) is 3. The van der Waals surface area contributed by atoms with Crippen molar-refractivity contribution >= 4 is 18.6 Å². The van der Waals surface area contributed by atoms with Gasteiger partial charge in [0.1, 0.15) is 17.6 Å². The minimum Gasteiger partial charge on any atom is -0.492 e. The minimum absolute atomic E-state index is 0.0901. The number of hydrogen-bond acceptors (Lipinski definition) is 6. The molecule has 1 fully saturated rings. The lowest BCUT2D eigenvalue weighted by molar-refractivity contribution is -0.141. The zero-order chi connectivity index (χ0) is 25.1. The van der Waals surface area contributed by atoms with E-state index in [1.165, 1.54) is 13.2 Å². The molecule has 1 saturated heterocycles. The van der Waals surface area contributed by atoms with Gasteiger partial charge in [0.2, 0.25) is 0 Å². The first-order valence-corrected chi connectivity index (χ1v) is 11.9. The van der Waals surface area contributed by atoms with E-state index >= 15 is 4.39 Å². The summed E-state index contributed by atoms with van der Waals surface area (Å²) in [6.07, 6.45) is 0.572. The van der Waals surface area contributed by atoms with Crippen LogP contribution in [0.15, 0.2) is 24.3 Å². The van der Waals surface area contributed by atoms with Crippen molar-refractivity contribution in [3.63, 3.8) is 0 Å². The van der Waals surface area contributed by atoms with Crippen molar-refractivity contribution in [2.75, 3.05) is 13.7 Å². The van der Waals surface area contributed by atoms with E-state index in [9.17, 15) is 9.18 Å². The summed E-state index contributed by atoms with van der Waals surface area (Å²) in [5.41, 5.74) is 1.09. The van der Waals surface area contributed by atoms with Crippen LogP contribution in [0.2, 0.25) is 0 Å². The molecule has 0 amide bonds. The van der Waals surface area contributed by atoms with E-state index in [0.717, 1.165) is 5.56 Å². The van der Waals surface area contributed by atoms with Crippen molar-refractivity contribution in [1.29, 1.82) is 0 Å². The van der Waals surface area contributed by atoms with Gasteiger partial charge in [-0.05, 0) is 63.7 Å². The molecule has 2 heterocycles. The number of carbonyl (C=O) groups excluding carboxylic acids is 1. The Kier molecular flexibility index (Phi) is 5.83. The smallest absolute Gasteiger partial charge is 0.492 e. The fourth-order valence-electron chi connectivity index (χ4n) is 4.98. The Labute approximate surface area is 204 Å². The molecule has 2 aromatic rings. The number of fused-ring (bicyclic) bond motifs is 2. The van der Waals surface area contributed by atoms with Gasteiger partial charge in [-0.3, -0.25) is 4.79 Å². The van der Waals surface area contributed by atoms with Gasteiger partial charge in [-0.1, -0.05) is 6.07 Å². The Morgan fingerprint density at radius 1 is 1.14 bits per heavy atom. The molecule has 3 aliphatic rings. The van der Waals surface area contributed by atoms with E-state index in [4.69, 9.17) is 23.5 Å². The van der Waals surface area contributed by atoms with E-state index in [0.29, 0.717) is 42.0 Å². The van der Waals surface area contributed by atoms with Crippen LogP contribution in [-0.2, 0) is 25.3 Å². The number of halogens is 2. The molecule has 0 aromatic heterocycles. The molecule has 9 heteroatoms. The van der Waals surface area contributed by atoms with Gasteiger partial charge < -0.3 is 23.5 Å². The van der Waals surface area contributed by atoms with E-state index in [1.54, 1.807) is 12.1 Å². The van der Waals surface area contributed by atoms with Crippen molar-refractivity contribution in [2.24, 2.45) is 0 Å². The van der Waals surface area contributed by atoms with Gasteiger partial charge in [0.05, 0.1) is 31.3 Å². The number of benzene rings is 2. The highest BCUT2D eigenvalue weighted by Gasteiger charge is 2.53. The molecule has 6 nitrogen and oxygen atoms in total. The van der Waals surface area contributed by atoms with Crippen LogP contribution in [-0.4, -0.2) is 38.0 Å². The summed E-state index contributed by atoms with van der Waals surface area (Å²) in [7, 11) is 0.568. The molecule has 2 atom stereocenters. The molecular formula is C26H29BF2O6. The average molecular weight is 486 g/mol. The fourth-order valence-corrected chi connectivity index (χ4v) is 4.98. The van der Waals surface area contributed by atoms with E-state index in [-0.39, 0.29) is 23.9 Å². The zero-order valence-corrected chi connectivity index (χ0v) is 20.6. The molecule has 0 radical (unpaired) electrons. The highest BCUT2D eigenvalue weighted by Crippen LogP contribution is 2.43. The quantitative estimate of drug-likeness (QED) is 0.462. The number of esters is 1. The molecular weight excluding hydrogens is 457 g/mol. The molecule has 2 aliphatic heterocycles. The molecule has 5 rings (SSSR count). The second kappa shape index (κ2) is 8.48. The van der Waals surface area contributed by atoms with Crippen LogP contribution in [0.5, 0.6) is 11.5 Å². The van der Waals surface area contributed by atoms with Gasteiger partial charge >= 0.3 is 13.1 Å². The van der Waals surface area contributed by atoms with Crippen molar-refractivity contribution in [2.45, 2.75) is 70.2 Å². The maximum Gasteiger partial charge on any atom is 0.495 e. The molecule has 0 spiro atoms. The second-order valence-corrected chi connectivity index (χ2v) is 10.4. The number of methoxy groups -OCH3 is 1. The van der Waals surface area contributed by atoms with Crippen molar-refractivity contribution in [3.8, 4) is 11.5 Å². The van der Waals surface area contributed by atoms with Crippen LogP contribution in [0, 0.1) is 11.6 Å². The number of hydrogen-bond donors (Lipinski definition) is 0.